The van der Waals surface area contributed by atoms with Gasteiger partial charge in [-0.3, -0.25) is 4.79 Å². The molecular weight excluding hydrogens is 168 g/mol. The predicted octanol–water partition coefficient (Wildman–Crippen LogP) is 0.000800. The number of nitrogens with one attached hydrogen (secondary N) is 1. The van der Waals surface area contributed by atoms with Crippen LogP contribution in [0.5, 0.6) is 0 Å². The SMILES string of the molecule is CC(NCC1CCN(C)C1)C(=O)O. The van der Waals surface area contributed by atoms with E-state index in [1.54, 1.807) is 6.92 Å². The summed E-state index contributed by atoms with van der Waals surface area (Å²) in [5.74, 6) is -0.154. The first-order valence-electron chi connectivity index (χ1n) is 4.74. The van der Waals surface area contributed by atoms with E-state index >= 15 is 0 Å². The maximum atomic E-state index is 10.5. The van der Waals surface area contributed by atoms with Crippen molar-refractivity contribution in [3.8, 4) is 0 Å². The molecule has 1 rings (SSSR count). The average molecular weight is 186 g/mol. The van der Waals surface area contributed by atoms with Crippen LogP contribution in [-0.4, -0.2) is 48.7 Å². The molecule has 4 nitrogen and oxygen atoms in total. The molecule has 0 radical (unpaired) electrons. The topological polar surface area (TPSA) is 52.6 Å². The second-order valence-electron chi connectivity index (χ2n) is 3.89. The van der Waals surface area contributed by atoms with Crippen LogP contribution >= 0.6 is 0 Å². The van der Waals surface area contributed by atoms with Crippen molar-refractivity contribution in [1.82, 2.24) is 10.2 Å². The number of hydrogen-bond donors (Lipinski definition) is 2. The Morgan fingerprint density at radius 1 is 1.77 bits per heavy atom. The molecule has 76 valence electrons. The first-order valence-corrected chi connectivity index (χ1v) is 4.74. The fourth-order valence-corrected chi connectivity index (χ4v) is 1.62. The van der Waals surface area contributed by atoms with Gasteiger partial charge in [-0.25, -0.2) is 0 Å². The first-order chi connectivity index (χ1) is 6.09. The molecule has 1 aliphatic heterocycles. The van der Waals surface area contributed by atoms with Crippen molar-refractivity contribution in [3.05, 3.63) is 0 Å². The Labute approximate surface area is 78.9 Å². The minimum atomic E-state index is -0.772. The van der Waals surface area contributed by atoms with E-state index in [0.29, 0.717) is 5.92 Å². The Balaban J connectivity index is 2.16. The van der Waals surface area contributed by atoms with Crippen molar-refractivity contribution in [3.63, 3.8) is 0 Å². The fourth-order valence-electron chi connectivity index (χ4n) is 1.62. The Kier molecular flexibility index (Phi) is 3.69. The van der Waals surface area contributed by atoms with Gasteiger partial charge in [0.15, 0.2) is 0 Å². The molecule has 2 unspecified atom stereocenters. The number of rotatable bonds is 4. The van der Waals surface area contributed by atoms with E-state index in [9.17, 15) is 4.79 Å². The van der Waals surface area contributed by atoms with Gasteiger partial charge >= 0.3 is 5.97 Å². The summed E-state index contributed by atoms with van der Waals surface area (Å²) in [6.45, 7) is 4.71. The number of likely N-dealkylation sites (tertiary alicyclic amines) is 1. The minimum absolute atomic E-state index is 0.425. The second kappa shape index (κ2) is 4.58. The van der Waals surface area contributed by atoms with Crippen LogP contribution in [0.4, 0.5) is 0 Å². The molecule has 2 N–H and O–H groups in total. The van der Waals surface area contributed by atoms with Gasteiger partial charge in [-0.05, 0) is 32.9 Å². The van der Waals surface area contributed by atoms with Gasteiger partial charge in [0.1, 0.15) is 6.04 Å². The molecule has 0 bridgehead atoms. The molecule has 1 fully saturated rings. The van der Waals surface area contributed by atoms with Crippen LogP contribution in [0, 0.1) is 5.92 Å². The number of carboxylic acid groups (broad SMARTS) is 1. The summed E-state index contributed by atoms with van der Waals surface area (Å²) >= 11 is 0. The van der Waals surface area contributed by atoms with Crippen LogP contribution in [0.3, 0.4) is 0 Å². The molecule has 2 atom stereocenters. The lowest BCUT2D eigenvalue weighted by Crippen LogP contribution is -2.37. The Morgan fingerprint density at radius 2 is 2.46 bits per heavy atom. The number of nitrogens with zero attached hydrogens (tertiary/aromatic N) is 1. The highest BCUT2D eigenvalue weighted by atomic mass is 16.4. The lowest BCUT2D eigenvalue weighted by atomic mass is 10.1. The highest BCUT2D eigenvalue weighted by Crippen LogP contribution is 2.12. The molecule has 0 aromatic carbocycles. The van der Waals surface area contributed by atoms with Crippen molar-refractivity contribution in [2.45, 2.75) is 19.4 Å². The van der Waals surface area contributed by atoms with E-state index < -0.39 is 12.0 Å². The van der Waals surface area contributed by atoms with Crippen molar-refractivity contribution >= 4 is 5.97 Å². The third-order valence-corrected chi connectivity index (χ3v) is 2.57. The van der Waals surface area contributed by atoms with Gasteiger partial charge < -0.3 is 15.3 Å². The number of carbonyl (C=O) groups is 1. The summed E-state index contributed by atoms with van der Waals surface area (Å²) < 4.78 is 0. The summed E-state index contributed by atoms with van der Waals surface area (Å²) in [5, 5.41) is 11.7. The van der Waals surface area contributed by atoms with Gasteiger partial charge in [-0.1, -0.05) is 0 Å². The van der Waals surface area contributed by atoms with Gasteiger partial charge in [-0.15, -0.1) is 0 Å². The van der Waals surface area contributed by atoms with Gasteiger partial charge in [-0.2, -0.15) is 0 Å². The first kappa shape index (κ1) is 10.5. The van der Waals surface area contributed by atoms with Crippen molar-refractivity contribution in [2.75, 3.05) is 26.7 Å². The van der Waals surface area contributed by atoms with Gasteiger partial charge in [0, 0.05) is 13.1 Å². The maximum absolute atomic E-state index is 10.5. The minimum Gasteiger partial charge on any atom is -0.480 e. The van der Waals surface area contributed by atoms with Crippen molar-refractivity contribution < 1.29 is 9.90 Å². The number of hydrogen-bond acceptors (Lipinski definition) is 3. The van der Waals surface area contributed by atoms with Crippen LogP contribution < -0.4 is 5.32 Å². The van der Waals surface area contributed by atoms with Crippen molar-refractivity contribution in [2.24, 2.45) is 5.92 Å². The zero-order chi connectivity index (χ0) is 9.84. The van der Waals surface area contributed by atoms with Gasteiger partial charge in [0.2, 0.25) is 0 Å². The summed E-state index contributed by atoms with van der Waals surface area (Å²) in [5.41, 5.74) is 0. The second-order valence-corrected chi connectivity index (χ2v) is 3.89. The standard InChI is InChI=1S/C9H18N2O2/c1-7(9(12)13)10-5-8-3-4-11(2)6-8/h7-8,10H,3-6H2,1-2H3,(H,12,13). The van der Waals surface area contributed by atoms with Gasteiger partial charge in [0.05, 0.1) is 0 Å². The molecule has 1 saturated heterocycles. The molecule has 0 amide bonds. The molecule has 0 spiro atoms. The third-order valence-electron chi connectivity index (χ3n) is 2.57. The van der Waals surface area contributed by atoms with E-state index in [2.05, 4.69) is 17.3 Å². The van der Waals surface area contributed by atoms with Crippen molar-refractivity contribution in [1.29, 1.82) is 0 Å². The summed E-state index contributed by atoms with van der Waals surface area (Å²) in [6, 6.07) is -0.425. The fraction of sp³-hybridized carbons (Fsp3) is 0.889. The van der Waals surface area contributed by atoms with Crippen LogP contribution in [0.25, 0.3) is 0 Å². The maximum Gasteiger partial charge on any atom is 0.320 e. The van der Waals surface area contributed by atoms with Crippen LogP contribution in [0.15, 0.2) is 0 Å². The highest BCUT2D eigenvalue weighted by molar-refractivity contribution is 5.72. The smallest absolute Gasteiger partial charge is 0.320 e. The van der Waals surface area contributed by atoms with E-state index in [1.807, 2.05) is 0 Å². The molecule has 0 aromatic heterocycles. The molecule has 1 heterocycles. The molecular formula is C9H18N2O2. The Hall–Kier alpha value is -0.610. The lowest BCUT2D eigenvalue weighted by Gasteiger charge is -2.13. The molecule has 0 aromatic rings. The molecule has 4 heteroatoms. The predicted molar refractivity (Wildman–Crippen MR) is 50.7 cm³/mol. The monoisotopic (exact) mass is 186 g/mol. The zero-order valence-electron chi connectivity index (χ0n) is 8.29. The normalized spacial score (nSPS) is 26.2. The summed E-state index contributed by atoms with van der Waals surface area (Å²) in [7, 11) is 2.10. The number of aliphatic carboxylic acids is 1. The Morgan fingerprint density at radius 3 is 2.92 bits per heavy atom. The van der Waals surface area contributed by atoms with Gasteiger partial charge in [0.25, 0.3) is 0 Å². The van der Waals surface area contributed by atoms with Crippen LogP contribution in [-0.2, 0) is 4.79 Å². The van der Waals surface area contributed by atoms with E-state index in [0.717, 1.165) is 19.6 Å². The van der Waals surface area contributed by atoms with E-state index in [1.165, 1.54) is 6.42 Å². The average Bonchev–Trinajstić information content (AvgIpc) is 2.47. The zero-order valence-corrected chi connectivity index (χ0v) is 8.29. The largest absolute Gasteiger partial charge is 0.480 e. The molecule has 1 aliphatic rings. The molecule has 0 saturated carbocycles. The van der Waals surface area contributed by atoms with Crippen LogP contribution in [0.1, 0.15) is 13.3 Å². The Bertz CT molecular complexity index is 184. The third kappa shape index (κ3) is 3.32. The summed E-state index contributed by atoms with van der Waals surface area (Å²) in [6.07, 6.45) is 1.18. The summed E-state index contributed by atoms with van der Waals surface area (Å²) in [4.78, 5) is 12.8. The number of carboxylic acids is 1. The van der Waals surface area contributed by atoms with E-state index in [4.69, 9.17) is 5.11 Å². The molecule has 0 aliphatic carbocycles. The van der Waals surface area contributed by atoms with E-state index in [-0.39, 0.29) is 0 Å². The lowest BCUT2D eigenvalue weighted by molar-refractivity contribution is -0.139. The van der Waals surface area contributed by atoms with Crippen LogP contribution in [0.2, 0.25) is 0 Å². The molecule has 13 heavy (non-hydrogen) atoms. The highest BCUT2D eigenvalue weighted by Gasteiger charge is 2.20. The quantitative estimate of drug-likeness (QED) is 0.649.